The van der Waals surface area contributed by atoms with Crippen LogP contribution in [-0.2, 0) is 47.9 Å². The van der Waals surface area contributed by atoms with Gasteiger partial charge in [0, 0.05) is 18.7 Å². The highest BCUT2D eigenvalue weighted by molar-refractivity contribution is 7.13. The van der Waals surface area contributed by atoms with Crippen LogP contribution in [0.4, 0.5) is 5.13 Å². The van der Waals surface area contributed by atoms with E-state index in [2.05, 4.69) is 15.5 Å². The second-order valence-electron chi connectivity index (χ2n) is 10.2. The molecule has 240 valence electrons. The lowest BCUT2D eigenvalue weighted by molar-refractivity contribution is -0.260. The molecule has 2 saturated heterocycles. The van der Waals surface area contributed by atoms with Crippen molar-refractivity contribution in [1.82, 2.24) is 15.4 Å². The monoisotopic (exact) mass is 651 g/mol. The number of cyclic esters (lactones) is 1. The van der Waals surface area contributed by atoms with Crippen molar-refractivity contribution in [2.24, 2.45) is 5.16 Å². The second kappa shape index (κ2) is 13.3. The number of anilines is 1. The first kappa shape index (κ1) is 32.1. The smallest absolute Gasteiger partial charge is 0.376 e. The number of benzene rings is 2. The Kier molecular flexibility index (Phi) is 9.29. The fourth-order valence-electron chi connectivity index (χ4n) is 4.90. The Bertz CT molecular complexity index is 1630. The molecule has 0 spiro atoms. The zero-order valence-electron chi connectivity index (χ0n) is 24.7. The summed E-state index contributed by atoms with van der Waals surface area (Å²) in [6.07, 6.45) is -1.52. The Labute approximate surface area is 266 Å². The van der Waals surface area contributed by atoms with Gasteiger partial charge in [-0.25, -0.2) is 9.78 Å². The molecule has 2 aromatic carbocycles. The van der Waals surface area contributed by atoms with E-state index < -0.39 is 60.3 Å². The summed E-state index contributed by atoms with van der Waals surface area (Å²) in [7, 11) is 1.20. The van der Waals surface area contributed by atoms with Crippen LogP contribution < -0.4 is 11.1 Å². The minimum atomic E-state index is -2.37. The molecule has 46 heavy (non-hydrogen) atoms. The van der Waals surface area contributed by atoms with Crippen molar-refractivity contribution >= 4 is 51.9 Å². The number of aromatic nitrogens is 1. The number of amides is 2. The predicted octanol–water partition coefficient (Wildman–Crippen LogP) is 1.63. The number of hydrogen-bond acceptors (Lipinski definition) is 14. The molecule has 2 amide bonds. The summed E-state index contributed by atoms with van der Waals surface area (Å²) in [5.41, 5.74) is 2.16. The Morgan fingerprint density at radius 2 is 1.76 bits per heavy atom. The highest BCUT2D eigenvalue weighted by Gasteiger charge is 2.64. The number of nitrogens with zero attached hydrogens (tertiary/aromatic N) is 3. The van der Waals surface area contributed by atoms with Crippen molar-refractivity contribution in [2.75, 3.05) is 26.1 Å². The molecule has 0 bridgehead atoms. The molecule has 2 aliphatic rings. The van der Waals surface area contributed by atoms with E-state index >= 15 is 0 Å². The van der Waals surface area contributed by atoms with Gasteiger partial charge in [0.15, 0.2) is 22.5 Å². The minimum absolute atomic E-state index is 0.0466. The number of hydroxylamine groups is 2. The number of hydrogen-bond donors (Lipinski definition) is 2. The van der Waals surface area contributed by atoms with E-state index in [0.29, 0.717) is 16.2 Å². The van der Waals surface area contributed by atoms with Crippen LogP contribution in [0.1, 0.15) is 42.7 Å². The number of carbonyl (C=O) groups is 5. The highest BCUT2D eigenvalue weighted by atomic mass is 32.1. The molecule has 3 aromatic rings. The number of nitrogens with one attached hydrogen (secondary N) is 1. The van der Waals surface area contributed by atoms with Crippen LogP contribution in [-0.4, -0.2) is 77.1 Å². The van der Waals surface area contributed by atoms with Crippen molar-refractivity contribution in [1.29, 1.82) is 0 Å². The molecule has 1 aromatic heterocycles. The number of nitrogen functional groups attached to an aromatic ring is 1. The number of thiazole rings is 1. The van der Waals surface area contributed by atoms with Crippen molar-refractivity contribution in [3.63, 3.8) is 0 Å². The highest BCUT2D eigenvalue weighted by Crippen LogP contribution is 2.39. The normalized spacial score (nSPS) is 21.2. The van der Waals surface area contributed by atoms with Gasteiger partial charge in [-0.15, -0.1) is 11.3 Å². The summed E-state index contributed by atoms with van der Waals surface area (Å²) in [5, 5.41) is 8.36. The van der Waals surface area contributed by atoms with E-state index in [-0.39, 0.29) is 29.4 Å². The molecule has 3 N–H and O–H groups in total. The first-order valence-corrected chi connectivity index (χ1v) is 14.8. The average Bonchev–Trinajstić information content (AvgIpc) is 3.75. The topological polar surface area (TPSA) is 198 Å². The molecule has 0 saturated carbocycles. The fourth-order valence-corrected chi connectivity index (χ4v) is 5.44. The first-order valence-electron chi connectivity index (χ1n) is 13.9. The number of ether oxygens (including phenoxy) is 3. The van der Waals surface area contributed by atoms with Gasteiger partial charge in [-0.05, 0) is 11.1 Å². The quantitative estimate of drug-likeness (QED) is 0.132. The van der Waals surface area contributed by atoms with Gasteiger partial charge in [0.2, 0.25) is 0 Å². The van der Waals surface area contributed by atoms with Gasteiger partial charge in [0.25, 0.3) is 11.8 Å². The third-order valence-electron chi connectivity index (χ3n) is 7.10. The summed E-state index contributed by atoms with van der Waals surface area (Å²) in [6.45, 7) is -0.231. The van der Waals surface area contributed by atoms with Gasteiger partial charge < -0.3 is 30.1 Å². The molecule has 2 aliphatic heterocycles. The molecule has 0 radical (unpaired) electrons. The maximum Gasteiger partial charge on any atom is 0.376 e. The van der Waals surface area contributed by atoms with Crippen molar-refractivity contribution in [3.8, 4) is 0 Å². The molecule has 2 atom stereocenters. The SMILES string of the molecule is CON=C(C(=O)NC1(COC(C)=O)CON(C2(C(=O)OC(c3ccccc3)c3ccccc3)CCC(=O)O2)C1=O)c1csc(N)n1. The van der Waals surface area contributed by atoms with Gasteiger partial charge in [-0.1, -0.05) is 65.8 Å². The Morgan fingerprint density at radius 3 is 2.28 bits per heavy atom. The second-order valence-corrected chi connectivity index (χ2v) is 11.1. The van der Waals surface area contributed by atoms with Crippen molar-refractivity contribution in [2.45, 2.75) is 37.1 Å². The minimum Gasteiger partial charge on any atom is -0.463 e. The lowest BCUT2D eigenvalue weighted by atomic mass is 9.98. The van der Waals surface area contributed by atoms with E-state index in [1.54, 1.807) is 60.7 Å². The molecule has 15 nitrogen and oxygen atoms in total. The lowest BCUT2D eigenvalue weighted by Crippen LogP contribution is -2.64. The van der Waals surface area contributed by atoms with Gasteiger partial charge in [0.05, 0.1) is 6.42 Å². The predicted molar refractivity (Wildman–Crippen MR) is 159 cm³/mol. The van der Waals surface area contributed by atoms with Gasteiger partial charge in [-0.2, -0.15) is 5.06 Å². The number of carbonyl (C=O) groups excluding carboxylic acids is 5. The van der Waals surface area contributed by atoms with E-state index in [1.165, 1.54) is 12.5 Å². The molecule has 2 unspecified atom stereocenters. The summed E-state index contributed by atoms with van der Waals surface area (Å²) in [6, 6.07) is 17.7. The molecule has 0 aliphatic carbocycles. The summed E-state index contributed by atoms with van der Waals surface area (Å²) < 4.78 is 16.6. The fraction of sp³-hybridized carbons (Fsp3) is 0.300. The molecule has 16 heteroatoms. The third kappa shape index (κ3) is 6.38. The largest absolute Gasteiger partial charge is 0.463 e. The zero-order valence-corrected chi connectivity index (χ0v) is 25.5. The number of rotatable bonds is 11. The van der Waals surface area contributed by atoms with E-state index in [4.69, 9.17) is 29.6 Å². The van der Waals surface area contributed by atoms with Gasteiger partial charge in [0.1, 0.15) is 26.0 Å². The van der Waals surface area contributed by atoms with Crippen LogP contribution in [0.3, 0.4) is 0 Å². The van der Waals surface area contributed by atoms with E-state index in [1.807, 2.05) is 0 Å². The molecule has 2 fully saturated rings. The standard InChI is InChI=1S/C30H29N5O10S/c1-18(36)42-16-29(33-25(38)23(34-41-2)21-15-46-28(31)32-21)17-43-35(26(29)39)30(14-13-22(37)45-30)27(40)44-24(19-9-5-3-6-10-19)20-11-7-4-8-12-20/h3-12,15,24H,13-14,16-17H2,1-2H3,(H2,31,32)(H,33,38). The first-order chi connectivity index (χ1) is 22.1. The van der Waals surface area contributed by atoms with Crippen LogP contribution in [0.25, 0.3) is 0 Å². The number of nitrogens with two attached hydrogens (primary N) is 1. The Balaban J connectivity index is 1.48. The van der Waals surface area contributed by atoms with Crippen molar-refractivity contribution in [3.05, 3.63) is 82.9 Å². The van der Waals surface area contributed by atoms with E-state index in [0.717, 1.165) is 18.3 Å². The molecular weight excluding hydrogens is 622 g/mol. The summed E-state index contributed by atoms with van der Waals surface area (Å²) >= 11 is 1.04. The molecule has 5 rings (SSSR count). The molecule has 3 heterocycles. The van der Waals surface area contributed by atoms with E-state index in [9.17, 15) is 24.0 Å². The Morgan fingerprint density at radius 1 is 1.11 bits per heavy atom. The van der Waals surface area contributed by atoms with Gasteiger partial charge in [-0.3, -0.25) is 24.0 Å². The van der Waals surface area contributed by atoms with Crippen LogP contribution in [0.15, 0.2) is 71.2 Å². The maximum atomic E-state index is 14.2. The van der Waals surface area contributed by atoms with Crippen LogP contribution in [0.2, 0.25) is 0 Å². The number of oxime groups is 1. The Hall–Kier alpha value is -5.35. The average molecular weight is 652 g/mol. The zero-order chi connectivity index (χ0) is 32.9. The lowest BCUT2D eigenvalue weighted by Gasteiger charge is -2.35. The van der Waals surface area contributed by atoms with Crippen molar-refractivity contribution < 1.29 is 47.9 Å². The summed E-state index contributed by atoms with van der Waals surface area (Å²) in [4.78, 5) is 80.7. The van der Waals surface area contributed by atoms with Crippen LogP contribution in [0, 0.1) is 0 Å². The van der Waals surface area contributed by atoms with Gasteiger partial charge >= 0.3 is 23.6 Å². The van der Waals surface area contributed by atoms with Crippen LogP contribution >= 0.6 is 11.3 Å². The molecular formula is C30H29N5O10S. The van der Waals surface area contributed by atoms with Crippen LogP contribution in [0.5, 0.6) is 0 Å². The third-order valence-corrected chi connectivity index (χ3v) is 7.77. The maximum absolute atomic E-state index is 14.2. The summed E-state index contributed by atoms with van der Waals surface area (Å²) in [5.74, 6) is -4.68. The number of esters is 3.